The summed E-state index contributed by atoms with van der Waals surface area (Å²) in [5.41, 5.74) is 1.29. The molecule has 2 heteroatoms. The SMILES string of the molecule is Cc1ccc(OC2CC3CNCC3C2)cc1. The Hall–Kier alpha value is -1.02. The maximum Gasteiger partial charge on any atom is 0.119 e. The Balaban J connectivity index is 1.62. The molecule has 0 spiro atoms. The van der Waals surface area contributed by atoms with Crippen molar-refractivity contribution < 1.29 is 4.74 Å². The molecule has 2 aliphatic rings. The van der Waals surface area contributed by atoms with E-state index in [9.17, 15) is 0 Å². The fourth-order valence-electron chi connectivity index (χ4n) is 3.02. The first-order valence-electron chi connectivity index (χ1n) is 6.25. The molecule has 86 valence electrons. The minimum Gasteiger partial charge on any atom is -0.490 e. The second-order valence-corrected chi connectivity index (χ2v) is 5.20. The van der Waals surface area contributed by atoms with Crippen LogP contribution in [0.3, 0.4) is 0 Å². The maximum atomic E-state index is 6.04. The van der Waals surface area contributed by atoms with Gasteiger partial charge < -0.3 is 10.1 Å². The van der Waals surface area contributed by atoms with Crippen LogP contribution in [0.5, 0.6) is 5.75 Å². The molecular weight excluding hydrogens is 198 g/mol. The highest BCUT2D eigenvalue weighted by Crippen LogP contribution is 2.36. The number of rotatable bonds is 2. The molecule has 1 aromatic rings. The van der Waals surface area contributed by atoms with Crippen LogP contribution in [0.25, 0.3) is 0 Å². The average Bonchev–Trinajstić information content (AvgIpc) is 2.81. The zero-order valence-corrected chi connectivity index (χ0v) is 9.78. The highest BCUT2D eigenvalue weighted by Gasteiger charge is 2.38. The Morgan fingerprint density at radius 3 is 2.31 bits per heavy atom. The second kappa shape index (κ2) is 4.10. The highest BCUT2D eigenvalue weighted by atomic mass is 16.5. The topological polar surface area (TPSA) is 21.3 Å². The lowest BCUT2D eigenvalue weighted by atomic mass is 10.0. The van der Waals surface area contributed by atoms with Crippen molar-refractivity contribution in [1.82, 2.24) is 5.32 Å². The maximum absolute atomic E-state index is 6.04. The van der Waals surface area contributed by atoms with Crippen molar-refractivity contribution in [1.29, 1.82) is 0 Å². The fourth-order valence-corrected chi connectivity index (χ4v) is 3.02. The van der Waals surface area contributed by atoms with E-state index in [1.54, 1.807) is 0 Å². The van der Waals surface area contributed by atoms with Crippen LogP contribution in [0.2, 0.25) is 0 Å². The fraction of sp³-hybridized carbons (Fsp3) is 0.571. The molecule has 0 amide bonds. The van der Waals surface area contributed by atoms with Crippen LogP contribution >= 0.6 is 0 Å². The molecule has 0 aromatic heterocycles. The number of hydrogen-bond donors (Lipinski definition) is 1. The monoisotopic (exact) mass is 217 g/mol. The van der Waals surface area contributed by atoms with Crippen molar-refractivity contribution in [3.8, 4) is 5.75 Å². The summed E-state index contributed by atoms with van der Waals surface area (Å²) < 4.78 is 6.04. The molecular formula is C14H19NO. The summed E-state index contributed by atoms with van der Waals surface area (Å²) in [4.78, 5) is 0. The Morgan fingerprint density at radius 1 is 1.06 bits per heavy atom. The summed E-state index contributed by atoms with van der Waals surface area (Å²) >= 11 is 0. The van der Waals surface area contributed by atoms with Crippen LogP contribution in [0.15, 0.2) is 24.3 Å². The predicted molar refractivity (Wildman–Crippen MR) is 64.7 cm³/mol. The van der Waals surface area contributed by atoms with E-state index in [0.717, 1.165) is 17.6 Å². The molecule has 1 N–H and O–H groups in total. The number of ether oxygens (including phenoxy) is 1. The Morgan fingerprint density at radius 2 is 1.69 bits per heavy atom. The molecule has 3 rings (SSSR count). The van der Waals surface area contributed by atoms with Crippen LogP contribution in [0.4, 0.5) is 0 Å². The Kier molecular flexibility index (Phi) is 2.60. The standard InChI is InChI=1S/C14H19NO/c1-10-2-4-13(5-3-10)16-14-6-11-8-15-9-12(11)7-14/h2-5,11-12,14-15H,6-9H2,1H3. The molecule has 1 aromatic carbocycles. The molecule has 2 unspecified atom stereocenters. The van der Waals surface area contributed by atoms with E-state index in [1.807, 2.05) is 0 Å². The summed E-state index contributed by atoms with van der Waals surface area (Å²) in [5, 5.41) is 3.46. The van der Waals surface area contributed by atoms with Crippen LogP contribution in [0.1, 0.15) is 18.4 Å². The van der Waals surface area contributed by atoms with Gasteiger partial charge in [-0.2, -0.15) is 0 Å². The summed E-state index contributed by atoms with van der Waals surface area (Å²) in [7, 11) is 0. The van der Waals surface area contributed by atoms with E-state index in [2.05, 4.69) is 36.5 Å². The Labute approximate surface area is 97.0 Å². The summed E-state index contributed by atoms with van der Waals surface area (Å²) in [6.07, 6.45) is 2.90. The third kappa shape index (κ3) is 1.94. The molecule has 2 fully saturated rings. The van der Waals surface area contributed by atoms with E-state index in [-0.39, 0.29) is 0 Å². The number of fused-ring (bicyclic) bond motifs is 1. The van der Waals surface area contributed by atoms with Crippen LogP contribution in [-0.4, -0.2) is 19.2 Å². The zero-order chi connectivity index (χ0) is 11.0. The molecule has 1 heterocycles. The van der Waals surface area contributed by atoms with Crippen LogP contribution in [0, 0.1) is 18.8 Å². The van der Waals surface area contributed by atoms with Crippen molar-refractivity contribution in [2.45, 2.75) is 25.9 Å². The molecule has 1 saturated heterocycles. The number of nitrogens with one attached hydrogen (secondary N) is 1. The van der Waals surface area contributed by atoms with Gasteiger partial charge in [0, 0.05) is 0 Å². The first-order valence-corrected chi connectivity index (χ1v) is 6.25. The lowest BCUT2D eigenvalue weighted by Gasteiger charge is -2.14. The van der Waals surface area contributed by atoms with Gasteiger partial charge in [-0.15, -0.1) is 0 Å². The van der Waals surface area contributed by atoms with E-state index in [4.69, 9.17) is 4.74 Å². The summed E-state index contributed by atoms with van der Waals surface area (Å²) in [6, 6.07) is 8.41. The quantitative estimate of drug-likeness (QED) is 0.821. The Bertz CT molecular complexity index is 348. The third-order valence-electron chi connectivity index (χ3n) is 3.93. The lowest BCUT2D eigenvalue weighted by molar-refractivity contribution is 0.199. The van der Waals surface area contributed by atoms with E-state index >= 15 is 0 Å². The predicted octanol–water partition coefficient (Wildman–Crippen LogP) is 2.37. The minimum atomic E-state index is 0.444. The van der Waals surface area contributed by atoms with Crippen LogP contribution < -0.4 is 10.1 Å². The zero-order valence-electron chi connectivity index (χ0n) is 9.78. The number of hydrogen-bond acceptors (Lipinski definition) is 2. The minimum absolute atomic E-state index is 0.444. The van der Waals surface area contributed by atoms with Gasteiger partial charge in [-0.3, -0.25) is 0 Å². The third-order valence-corrected chi connectivity index (χ3v) is 3.93. The van der Waals surface area contributed by atoms with Crippen molar-refractivity contribution in [2.75, 3.05) is 13.1 Å². The van der Waals surface area contributed by atoms with Crippen molar-refractivity contribution in [2.24, 2.45) is 11.8 Å². The molecule has 0 radical (unpaired) electrons. The molecule has 1 saturated carbocycles. The number of benzene rings is 1. The van der Waals surface area contributed by atoms with Gasteiger partial charge in [-0.05, 0) is 56.8 Å². The van der Waals surface area contributed by atoms with Gasteiger partial charge in [0.1, 0.15) is 5.75 Å². The first-order chi connectivity index (χ1) is 7.81. The van der Waals surface area contributed by atoms with Gasteiger partial charge in [0.25, 0.3) is 0 Å². The smallest absolute Gasteiger partial charge is 0.119 e. The highest BCUT2D eigenvalue weighted by molar-refractivity contribution is 5.26. The summed E-state index contributed by atoms with van der Waals surface area (Å²) in [5.74, 6) is 2.74. The van der Waals surface area contributed by atoms with Gasteiger partial charge in [0.2, 0.25) is 0 Å². The second-order valence-electron chi connectivity index (χ2n) is 5.20. The molecule has 2 nitrogen and oxygen atoms in total. The lowest BCUT2D eigenvalue weighted by Crippen LogP contribution is -2.18. The van der Waals surface area contributed by atoms with Crippen molar-refractivity contribution in [3.63, 3.8) is 0 Å². The van der Waals surface area contributed by atoms with Gasteiger partial charge >= 0.3 is 0 Å². The van der Waals surface area contributed by atoms with E-state index < -0.39 is 0 Å². The van der Waals surface area contributed by atoms with Gasteiger partial charge in [0.05, 0.1) is 6.10 Å². The molecule has 16 heavy (non-hydrogen) atoms. The molecule has 0 bridgehead atoms. The van der Waals surface area contributed by atoms with Gasteiger partial charge in [0.15, 0.2) is 0 Å². The van der Waals surface area contributed by atoms with Gasteiger partial charge in [-0.1, -0.05) is 17.7 Å². The normalized spacial score (nSPS) is 32.7. The van der Waals surface area contributed by atoms with E-state index in [0.29, 0.717) is 6.10 Å². The van der Waals surface area contributed by atoms with Gasteiger partial charge in [-0.25, -0.2) is 0 Å². The first kappa shape index (κ1) is 10.2. The largest absolute Gasteiger partial charge is 0.490 e. The van der Waals surface area contributed by atoms with Crippen molar-refractivity contribution >= 4 is 0 Å². The van der Waals surface area contributed by atoms with Crippen molar-refractivity contribution in [3.05, 3.63) is 29.8 Å². The van der Waals surface area contributed by atoms with E-state index in [1.165, 1.54) is 31.5 Å². The average molecular weight is 217 g/mol. The molecule has 1 aliphatic carbocycles. The molecule has 1 aliphatic heterocycles. The number of aryl methyl sites for hydroxylation is 1. The summed E-state index contributed by atoms with van der Waals surface area (Å²) in [6.45, 7) is 4.49. The molecule has 2 atom stereocenters. The van der Waals surface area contributed by atoms with Crippen LogP contribution in [-0.2, 0) is 0 Å².